The van der Waals surface area contributed by atoms with Crippen LogP contribution in [0.4, 0.5) is 0 Å². The summed E-state index contributed by atoms with van der Waals surface area (Å²) in [5, 5.41) is 0. The minimum absolute atomic E-state index is 1.11. The molecule has 1 aliphatic carbocycles. The molecule has 0 fully saturated rings. The lowest BCUT2D eigenvalue weighted by molar-refractivity contribution is 0.900. The van der Waals surface area contributed by atoms with Gasteiger partial charge in [-0.3, -0.25) is 4.98 Å². The molecule has 0 saturated carbocycles. The van der Waals surface area contributed by atoms with Crippen molar-refractivity contribution < 1.29 is 0 Å². The fraction of sp³-hybridized carbons (Fsp3) is 0.150. The van der Waals surface area contributed by atoms with Crippen LogP contribution < -0.4 is 0 Å². The number of hydrogen-bond acceptors (Lipinski definition) is 1. The lowest BCUT2D eigenvalue weighted by Crippen LogP contribution is -1.95. The van der Waals surface area contributed by atoms with Gasteiger partial charge in [-0.25, -0.2) is 0 Å². The molecule has 3 aromatic rings. The van der Waals surface area contributed by atoms with E-state index in [1.165, 1.54) is 34.4 Å². The summed E-state index contributed by atoms with van der Waals surface area (Å²) in [6, 6.07) is 23.5. The molecule has 0 aliphatic heterocycles. The topological polar surface area (TPSA) is 12.9 Å². The second-order valence-electron chi connectivity index (χ2n) is 5.58. The first-order chi connectivity index (χ1) is 10.4. The number of aromatic nitrogens is 1. The Hall–Kier alpha value is -2.41. The van der Waals surface area contributed by atoms with Crippen molar-refractivity contribution in [2.45, 2.75) is 19.3 Å². The average molecular weight is 271 g/mol. The van der Waals surface area contributed by atoms with Gasteiger partial charge in [-0.05, 0) is 36.5 Å². The molecule has 0 radical (unpaired) electrons. The standard InChI is InChI=1S/C20H17N/c1-3-8-15(9-4-1)18-14-17-12-7-13-19(17)21-20(18)16-10-5-2-6-11-16/h1-6,8-11,14H,7,12-13H2. The van der Waals surface area contributed by atoms with Gasteiger partial charge in [-0.2, -0.15) is 0 Å². The third-order valence-corrected chi connectivity index (χ3v) is 4.18. The van der Waals surface area contributed by atoms with E-state index in [9.17, 15) is 0 Å². The molecule has 21 heavy (non-hydrogen) atoms. The summed E-state index contributed by atoms with van der Waals surface area (Å²) < 4.78 is 0. The molecule has 1 heteroatoms. The Kier molecular flexibility index (Phi) is 3.04. The predicted molar refractivity (Wildman–Crippen MR) is 87.1 cm³/mol. The molecule has 4 rings (SSSR count). The van der Waals surface area contributed by atoms with E-state index in [-0.39, 0.29) is 0 Å². The number of nitrogens with zero attached hydrogens (tertiary/aromatic N) is 1. The summed E-state index contributed by atoms with van der Waals surface area (Å²) in [7, 11) is 0. The highest BCUT2D eigenvalue weighted by molar-refractivity contribution is 5.81. The summed E-state index contributed by atoms with van der Waals surface area (Å²) in [4.78, 5) is 5.00. The lowest BCUT2D eigenvalue weighted by Gasteiger charge is -2.12. The van der Waals surface area contributed by atoms with Gasteiger partial charge in [0.05, 0.1) is 5.69 Å². The van der Waals surface area contributed by atoms with Crippen LogP contribution in [-0.2, 0) is 12.8 Å². The van der Waals surface area contributed by atoms with Crippen LogP contribution in [0, 0.1) is 0 Å². The summed E-state index contributed by atoms with van der Waals surface area (Å²) in [6.45, 7) is 0. The summed E-state index contributed by atoms with van der Waals surface area (Å²) >= 11 is 0. The van der Waals surface area contributed by atoms with Gasteiger partial charge in [-0.15, -0.1) is 0 Å². The van der Waals surface area contributed by atoms with E-state index in [2.05, 4.69) is 66.7 Å². The Bertz CT molecular complexity index is 694. The molecule has 1 nitrogen and oxygen atoms in total. The van der Waals surface area contributed by atoms with Gasteiger partial charge in [0.15, 0.2) is 0 Å². The molecular formula is C20H17N. The Morgan fingerprint density at radius 3 is 2.10 bits per heavy atom. The molecule has 0 bridgehead atoms. The van der Waals surface area contributed by atoms with Gasteiger partial charge in [-0.1, -0.05) is 60.7 Å². The largest absolute Gasteiger partial charge is 0.252 e. The van der Waals surface area contributed by atoms with Gasteiger partial charge >= 0.3 is 0 Å². The lowest BCUT2D eigenvalue weighted by atomic mass is 9.97. The zero-order chi connectivity index (χ0) is 14.1. The first kappa shape index (κ1) is 12.3. The number of fused-ring (bicyclic) bond motifs is 1. The predicted octanol–water partition coefficient (Wildman–Crippen LogP) is 4.90. The van der Waals surface area contributed by atoms with E-state index in [1.54, 1.807) is 0 Å². The van der Waals surface area contributed by atoms with Crippen LogP contribution in [-0.4, -0.2) is 4.98 Å². The fourth-order valence-corrected chi connectivity index (χ4v) is 3.13. The first-order valence-electron chi connectivity index (χ1n) is 7.55. The Labute approximate surface area is 125 Å². The maximum atomic E-state index is 5.00. The van der Waals surface area contributed by atoms with E-state index in [0.29, 0.717) is 0 Å². The van der Waals surface area contributed by atoms with Gasteiger partial charge in [0.25, 0.3) is 0 Å². The van der Waals surface area contributed by atoms with Crippen molar-refractivity contribution in [2.24, 2.45) is 0 Å². The van der Waals surface area contributed by atoms with Crippen molar-refractivity contribution >= 4 is 0 Å². The van der Waals surface area contributed by atoms with Crippen LogP contribution in [0.15, 0.2) is 66.7 Å². The van der Waals surface area contributed by atoms with Crippen molar-refractivity contribution in [3.8, 4) is 22.4 Å². The van der Waals surface area contributed by atoms with E-state index < -0.39 is 0 Å². The number of hydrogen-bond donors (Lipinski definition) is 0. The average Bonchev–Trinajstić information content (AvgIpc) is 3.03. The van der Waals surface area contributed by atoms with E-state index in [4.69, 9.17) is 4.98 Å². The van der Waals surface area contributed by atoms with Gasteiger partial charge in [0, 0.05) is 16.8 Å². The highest BCUT2D eigenvalue weighted by Crippen LogP contribution is 2.34. The normalized spacial score (nSPS) is 13.1. The minimum Gasteiger partial charge on any atom is -0.252 e. The van der Waals surface area contributed by atoms with E-state index in [1.807, 2.05) is 0 Å². The van der Waals surface area contributed by atoms with Crippen molar-refractivity contribution in [1.82, 2.24) is 4.98 Å². The first-order valence-corrected chi connectivity index (χ1v) is 7.55. The maximum absolute atomic E-state index is 5.00. The highest BCUT2D eigenvalue weighted by Gasteiger charge is 2.17. The number of aryl methyl sites for hydroxylation is 2. The summed E-state index contributed by atoms with van der Waals surface area (Å²) in [5.41, 5.74) is 7.52. The van der Waals surface area contributed by atoms with Gasteiger partial charge in [0.1, 0.15) is 0 Å². The van der Waals surface area contributed by atoms with Gasteiger partial charge in [0.2, 0.25) is 0 Å². The van der Waals surface area contributed by atoms with Crippen LogP contribution in [0.5, 0.6) is 0 Å². The molecule has 1 aliphatic rings. The molecule has 0 amide bonds. The Morgan fingerprint density at radius 2 is 1.38 bits per heavy atom. The highest BCUT2D eigenvalue weighted by atomic mass is 14.7. The van der Waals surface area contributed by atoms with Crippen LogP contribution in [0.1, 0.15) is 17.7 Å². The fourth-order valence-electron chi connectivity index (χ4n) is 3.13. The molecule has 0 N–H and O–H groups in total. The van der Waals surface area contributed by atoms with Crippen molar-refractivity contribution in [3.05, 3.63) is 78.0 Å². The van der Waals surface area contributed by atoms with E-state index in [0.717, 1.165) is 18.5 Å². The monoisotopic (exact) mass is 271 g/mol. The number of pyridine rings is 1. The molecule has 102 valence electrons. The second-order valence-corrected chi connectivity index (χ2v) is 5.58. The zero-order valence-electron chi connectivity index (χ0n) is 11.9. The molecule has 1 heterocycles. The SMILES string of the molecule is c1ccc(-c2cc3c(nc2-c2ccccc2)CCC3)cc1. The van der Waals surface area contributed by atoms with E-state index >= 15 is 0 Å². The van der Waals surface area contributed by atoms with Crippen LogP contribution in [0.3, 0.4) is 0 Å². The summed E-state index contributed by atoms with van der Waals surface area (Å²) in [5.74, 6) is 0. The smallest absolute Gasteiger partial charge is 0.0783 e. The minimum atomic E-state index is 1.11. The van der Waals surface area contributed by atoms with Gasteiger partial charge < -0.3 is 0 Å². The van der Waals surface area contributed by atoms with Crippen molar-refractivity contribution in [1.29, 1.82) is 0 Å². The molecular weight excluding hydrogens is 254 g/mol. The Balaban J connectivity index is 1.96. The molecule has 1 aromatic heterocycles. The molecule has 2 aromatic carbocycles. The number of benzene rings is 2. The quantitative estimate of drug-likeness (QED) is 0.645. The molecule has 0 spiro atoms. The van der Waals surface area contributed by atoms with Crippen molar-refractivity contribution in [2.75, 3.05) is 0 Å². The number of rotatable bonds is 2. The third-order valence-electron chi connectivity index (χ3n) is 4.18. The van der Waals surface area contributed by atoms with Crippen molar-refractivity contribution in [3.63, 3.8) is 0 Å². The van der Waals surface area contributed by atoms with Crippen LogP contribution >= 0.6 is 0 Å². The maximum Gasteiger partial charge on any atom is 0.0783 e. The third kappa shape index (κ3) is 2.25. The second kappa shape index (κ2) is 5.17. The summed E-state index contributed by atoms with van der Waals surface area (Å²) in [6.07, 6.45) is 3.51. The zero-order valence-corrected chi connectivity index (χ0v) is 11.9. The van der Waals surface area contributed by atoms with Crippen LogP contribution in [0.2, 0.25) is 0 Å². The molecule has 0 unspecified atom stereocenters. The molecule has 0 atom stereocenters. The van der Waals surface area contributed by atoms with Crippen LogP contribution in [0.25, 0.3) is 22.4 Å². The molecule has 0 saturated heterocycles. The Morgan fingerprint density at radius 1 is 0.714 bits per heavy atom.